The molecule has 2 rings (SSSR count). The van der Waals surface area contributed by atoms with Crippen molar-refractivity contribution in [2.24, 2.45) is 17.3 Å². The van der Waals surface area contributed by atoms with Crippen molar-refractivity contribution < 1.29 is 19.2 Å². The van der Waals surface area contributed by atoms with E-state index in [-0.39, 0.29) is 5.91 Å². The Bertz CT molecular complexity index is 424. The number of nitrogens with one attached hydrogen (secondary N) is 1. The zero-order chi connectivity index (χ0) is 11.9. The van der Waals surface area contributed by atoms with Crippen LogP contribution in [0.3, 0.4) is 0 Å². The Hall–Kier alpha value is -1.85. The van der Waals surface area contributed by atoms with Gasteiger partial charge in [0, 0.05) is 0 Å². The first-order valence-corrected chi connectivity index (χ1v) is 4.87. The van der Waals surface area contributed by atoms with E-state index in [1.807, 2.05) is 0 Å². The molecular formula is C10H12N2O4. The van der Waals surface area contributed by atoms with Crippen LogP contribution in [0.2, 0.25) is 0 Å². The summed E-state index contributed by atoms with van der Waals surface area (Å²) in [4.78, 5) is 22.6. The van der Waals surface area contributed by atoms with Gasteiger partial charge in [0.05, 0.1) is 18.0 Å². The highest BCUT2D eigenvalue weighted by molar-refractivity contribution is 5.99. The lowest BCUT2D eigenvalue weighted by Gasteiger charge is -2.02. The topological polar surface area (TPSA) is 92.4 Å². The van der Waals surface area contributed by atoms with Gasteiger partial charge in [-0.2, -0.15) is 0 Å². The van der Waals surface area contributed by atoms with Crippen LogP contribution in [0, 0.1) is 17.3 Å². The molecule has 0 unspecified atom stereocenters. The van der Waals surface area contributed by atoms with Crippen molar-refractivity contribution >= 4 is 17.6 Å². The number of carboxylic acids is 1. The fraction of sp³-hybridized carbons (Fsp3) is 0.500. The standard InChI is InChI=1S/C10H12N2O4/c1-10(2)6(7(10)9(14)15)8(13)12-5-3-11-16-4-5/h3-4,6-7H,1-2H3,(H,12,13)(H,14,15)/t6-,7+/m1/s1. The van der Waals surface area contributed by atoms with Gasteiger partial charge in [-0.25, -0.2) is 0 Å². The van der Waals surface area contributed by atoms with Gasteiger partial charge in [-0.05, 0) is 5.41 Å². The SMILES string of the molecule is CC1(C)[C@H](C(=O)O)[C@@H]1C(=O)Nc1cnoc1. The van der Waals surface area contributed by atoms with Gasteiger partial charge >= 0.3 is 5.97 Å². The zero-order valence-corrected chi connectivity index (χ0v) is 8.93. The van der Waals surface area contributed by atoms with Gasteiger partial charge < -0.3 is 14.9 Å². The fourth-order valence-electron chi connectivity index (χ4n) is 2.07. The minimum absolute atomic E-state index is 0.305. The van der Waals surface area contributed by atoms with Gasteiger partial charge in [-0.15, -0.1) is 0 Å². The number of amides is 1. The largest absolute Gasteiger partial charge is 0.481 e. The number of nitrogens with zero attached hydrogens (tertiary/aromatic N) is 1. The van der Waals surface area contributed by atoms with E-state index in [1.165, 1.54) is 12.5 Å². The van der Waals surface area contributed by atoms with Crippen LogP contribution in [0.4, 0.5) is 5.69 Å². The van der Waals surface area contributed by atoms with Crippen LogP contribution in [0.5, 0.6) is 0 Å². The number of carboxylic acid groups (broad SMARTS) is 1. The van der Waals surface area contributed by atoms with Gasteiger partial charge in [-0.1, -0.05) is 19.0 Å². The molecule has 0 aliphatic heterocycles. The third kappa shape index (κ3) is 1.56. The maximum atomic E-state index is 11.8. The molecule has 1 aromatic rings. The minimum Gasteiger partial charge on any atom is -0.481 e. The third-order valence-corrected chi connectivity index (χ3v) is 3.08. The lowest BCUT2D eigenvalue weighted by molar-refractivity contribution is -0.140. The first-order chi connectivity index (χ1) is 7.44. The molecule has 1 aliphatic carbocycles. The van der Waals surface area contributed by atoms with Crippen LogP contribution in [-0.4, -0.2) is 22.1 Å². The molecule has 1 saturated carbocycles. The Balaban J connectivity index is 2.05. The summed E-state index contributed by atoms with van der Waals surface area (Å²) < 4.78 is 4.56. The number of hydrogen-bond donors (Lipinski definition) is 2. The molecule has 2 N–H and O–H groups in total. The number of aromatic nitrogens is 1. The molecule has 1 fully saturated rings. The molecule has 0 aromatic carbocycles. The molecule has 0 bridgehead atoms. The second-order valence-electron chi connectivity index (χ2n) is 4.52. The van der Waals surface area contributed by atoms with Crippen molar-refractivity contribution in [2.75, 3.05) is 5.32 Å². The van der Waals surface area contributed by atoms with Crippen LogP contribution in [0.1, 0.15) is 13.8 Å². The van der Waals surface area contributed by atoms with E-state index in [9.17, 15) is 9.59 Å². The molecule has 1 heterocycles. The second-order valence-corrected chi connectivity index (χ2v) is 4.52. The Morgan fingerprint density at radius 1 is 1.50 bits per heavy atom. The summed E-state index contributed by atoms with van der Waals surface area (Å²) in [5.41, 5.74) is -0.0515. The molecule has 1 aliphatic rings. The van der Waals surface area contributed by atoms with Crippen LogP contribution >= 0.6 is 0 Å². The lowest BCUT2D eigenvalue weighted by Crippen LogP contribution is -2.17. The van der Waals surface area contributed by atoms with Crippen LogP contribution in [0.15, 0.2) is 17.0 Å². The number of carbonyl (C=O) groups is 2. The third-order valence-electron chi connectivity index (χ3n) is 3.08. The summed E-state index contributed by atoms with van der Waals surface area (Å²) in [6.45, 7) is 3.54. The van der Waals surface area contributed by atoms with Crippen molar-refractivity contribution in [3.8, 4) is 0 Å². The van der Waals surface area contributed by atoms with Crippen molar-refractivity contribution in [1.82, 2.24) is 5.16 Å². The minimum atomic E-state index is -0.935. The smallest absolute Gasteiger partial charge is 0.307 e. The summed E-state index contributed by atoms with van der Waals surface area (Å²) >= 11 is 0. The number of hydrogen-bond acceptors (Lipinski definition) is 4. The van der Waals surface area contributed by atoms with E-state index in [0.29, 0.717) is 5.69 Å². The Kier molecular flexibility index (Phi) is 2.22. The van der Waals surface area contributed by atoms with Gasteiger partial charge in [0.25, 0.3) is 0 Å². The quantitative estimate of drug-likeness (QED) is 0.798. The number of anilines is 1. The van der Waals surface area contributed by atoms with Crippen LogP contribution in [0.25, 0.3) is 0 Å². The van der Waals surface area contributed by atoms with Gasteiger partial charge in [0.2, 0.25) is 5.91 Å². The van der Waals surface area contributed by atoms with Crippen molar-refractivity contribution in [2.45, 2.75) is 13.8 Å². The normalized spacial score (nSPS) is 26.1. The monoisotopic (exact) mass is 224 g/mol. The van der Waals surface area contributed by atoms with Crippen LogP contribution < -0.4 is 5.32 Å². The first-order valence-electron chi connectivity index (χ1n) is 4.87. The molecule has 6 nitrogen and oxygen atoms in total. The van der Waals surface area contributed by atoms with Gasteiger partial charge in [0.1, 0.15) is 12.0 Å². The summed E-state index contributed by atoms with van der Waals surface area (Å²) in [6.07, 6.45) is 2.66. The summed E-state index contributed by atoms with van der Waals surface area (Å²) in [5, 5.41) is 14.9. The van der Waals surface area contributed by atoms with Crippen LogP contribution in [-0.2, 0) is 9.59 Å². The molecule has 1 aromatic heterocycles. The molecule has 1 amide bonds. The summed E-state index contributed by atoms with van der Waals surface area (Å²) in [5.74, 6) is -2.36. The number of carbonyl (C=O) groups excluding carboxylic acids is 1. The highest BCUT2D eigenvalue weighted by Crippen LogP contribution is 2.58. The average Bonchev–Trinajstić information content (AvgIpc) is 2.58. The first kappa shape index (κ1) is 10.7. The Morgan fingerprint density at radius 3 is 2.62 bits per heavy atom. The van der Waals surface area contributed by atoms with E-state index in [4.69, 9.17) is 5.11 Å². The molecule has 86 valence electrons. The Labute approximate surface area is 91.6 Å². The van der Waals surface area contributed by atoms with E-state index >= 15 is 0 Å². The zero-order valence-electron chi connectivity index (χ0n) is 8.93. The molecule has 6 heteroatoms. The lowest BCUT2D eigenvalue weighted by atomic mass is 10.1. The van der Waals surface area contributed by atoms with Crippen molar-refractivity contribution in [3.05, 3.63) is 12.5 Å². The summed E-state index contributed by atoms with van der Waals surface area (Å²) in [7, 11) is 0. The number of aliphatic carboxylic acids is 1. The highest BCUT2D eigenvalue weighted by Gasteiger charge is 2.65. The van der Waals surface area contributed by atoms with E-state index in [1.54, 1.807) is 13.8 Å². The molecule has 2 atom stereocenters. The summed E-state index contributed by atoms with van der Waals surface area (Å²) in [6, 6.07) is 0. The van der Waals surface area contributed by atoms with Crippen molar-refractivity contribution in [1.29, 1.82) is 0 Å². The second kappa shape index (κ2) is 3.33. The number of rotatable bonds is 3. The molecule has 0 spiro atoms. The maximum absolute atomic E-state index is 11.8. The molecule has 0 saturated heterocycles. The van der Waals surface area contributed by atoms with E-state index < -0.39 is 23.2 Å². The van der Waals surface area contributed by atoms with E-state index in [0.717, 1.165) is 0 Å². The maximum Gasteiger partial charge on any atom is 0.307 e. The van der Waals surface area contributed by atoms with Gasteiger partial charge in [0.15, 0.2) is 0 Å². The predicted molar refractivity (Wildman–Crippen MR) is 53.5 cm³/mol. The predicted octanol–water partition coefficient (Wildman–Crippen LogP) is 0.970. The molecule has 16 heavy (non-hydrogen) atoms. The fourth-order valence-corrected chi connectivity index (χ4v) is 2.07. The molecule has 0 radical (unpaired) electrons. The Morgan fingerprint density at radius 2 is 2.19 bits per heavy atom. The average molecular weight is 224 g/mol. The van der Waals surface area contributed by atoms with Crippen molar-refractivity contribution in [3.63, 3.8) is 0 Å². The van der Waals surface area contributed by atoms with E-state index in [2.05, 4.69) is 15.0 Å². The molecular weight excluding hydrogens is 212 g/mol. The highest BCUT2D eigenvalue weighted by atomic mass is 16.5. The van der Waals surface area contributed by atoms with Gasteiger partial charge in [-0.3, -0.25) is 9.59 Å².